The van der Waals surface area contributed by atoms with Gasteiger partial charge < -0.3 is 14.7 Å². The lowest BCUT2D eigenvalue weighted by Gasteiger charge is -2.28. The Morgan fingerprint density at radius 2 is 2.12 bits per heavy atom. The van der Waals surface area contributed by atoms with Crippen molar-refractivity contribution < 1.29 is 14.2 Å². The zero-order chi connectivity index (χ0) is 17.8. The summed E-state index contributed by atoms with van der Waals surface area (Å²) in [5, 5.41) is 19.9. The third-order valence-corrected chi connectivity index (χ3v) is 4.01. The zero-order valence-corrected chi connectivity index (χ0v) is 13.9. The standard InChI is InChI=1S/C17H14ClFN4O2/c18-13-9-11(1-2-14(13)19)22-15(10-20)12-3-4-21-17(16(12)24)23-5-7-25-8-6-23/h1-4,9,24H,5-8H2/b22-15+. The van der Waals surface area contributed by atoms with Crippen LogP contribution in [0.25, 0.3) is 0 Å². The second-order valence-corrected chi connectivity index (χ2v) is 5.71. The molecule has 1 saturated heterocycles. The van der Waals surface area contributed by atoms with Crippen molar-refractivity contribution in [2.75, 3.05) is 31.2 Å². The second-order valence-electron chi connectivity index (χ2n) is 5.30. The van der Waals surface area contributed by atoms with Crippen molar-refractivity contribution in [2.24, 2.45) is 4.99 Å². The molecule has 128 valence electrons. The number of benzene rings is 1. The highest BCUT2D eigenvalue weighted by molar-refractivity contribution is 6.31. The Hall–Kier alpha value is -2.69. The van der Waals surface area contributed by atoms with Crippen LogP contribution in [0.15, 0.2) is 35.5 Å². The molecule has 1 N–H and O–H groups in total. The van der Waals surface area contributed by atoms with E-state index in [9.17, 15) is 14.8 Å². The molecule has 0 amide bonds. The lowest BCUT2D eigenvalue weighted by molar-refractivity contribution is 0.122. The normalized spacial score (nSPS) is 15.1. The van der Waals surface area contributed by atoms with Crippen molar-refractivity contribution in [2.45, 2.75) is 0 Å². The van der Waals surface area contributed by atoms with Gasteiger partial charge in [-0.3, -0.25) is 0 Å². The van der Waals surface area contributed by atoms with Gasteiger partial charge in [0.1, 0.15) is 11.9 Å². The average Bonchev–Trinajstić information content (AvgIpc) is 2.64. The third-order valence-electron chi connectivity index (χ3n) is 3.72. The molecule has 0 unspecified atom stereocenters. The summed E-state index contributed by atoms with van der Waals surface area (Å²) in [4.78, 5) is 10.2. The highest BCUT2D eigenvalue weighted by Crippen LogP contribution is 2.30. The number of halogens is 2. The number of hydrogen-bond acceptors (Lipinski definition) is 6. The monoisotopic (exact) mass is 360 g/mol. The van der Waals surface area contributed by atoms with Gasteiger partial charge in [0, 0.05) is 19.3 Å². The van der Waals surface area contributed by atoms with Crippen molar-refractivity contribution in [1.29, 1.82) is 5.26 Å². The smallest absolute Gasteiger partial charge is 0.172 e. The molecule has 0 atom stereocenters. The predicted molar refractivity (Wildman–Crippen MR) is 92.2 cm³/mol. The van der Waals surface area contributed by atoms with E-state index >= 15 is 0 Å². The van der Waals surface area contributed by atoms with Gasteiger partial charge in [-0.15, -0.1) is 0 Å². The molecule has 8 heteroatoms. The minimum atomic E-state index is -0.569. The number of aliphatic imine (C=N–C) groups is 1. The first-order chi connectivity index (χ1) is 12.1. The molecule has 2 aromatic rings. The molecule has 1 fully saturated rings. The first-order valence-corrected chi connectivity index (χ1v) is 7.93. The number of anilines is 1. The summed E-state index contributed by atoms with van der Waals surface area (Å²) in [6, 6.07) is 7.35. The van der Waals surface area contributed by atoms with E-state index < -0.39 is 5.82 Å². The molecule has 2 heterocycles. The first-order valence-electron chi connectivity index (χ1n) is 7.55. The fraction of sp³-hybridized carbons (Fsp3) is 0.235. The molecular weight excluding hydrogens is 347 g/mol. The van der Waals surface area contributed by atoms with E-state index in [4.69, 9.17) is 16.3 Å². The number of aromatic nitrogens is 1. The van der Waals surface area contributed by atoms with Gasteiger partial charge >= 0.3 is 0 Å². The molecule has 1 aromatic carbocycles. The van der Waals surface area contributed by atoms with Gasteiger partial charge in [-0.25, -0.2) is 14.4 Å². The van der Waals surface area contributed by atoms with E-state index in [1.807, 2.05) is 11.0 Å². The highest BCUT2D eigenvalue weighted by atomic mass is 35.5. The lowest BCUT2D eigenvalue weighted by Crippen LogP contribution is -2.36. The number of ether oxygens (including phenoxy) is 1. The van der Waals surface area contributed by atoms with Gasteiger partial charge in [-0.1, -0.05) is 11.6 Å². The molecule has 0 bridgehead atoms. The van der Waals surface area contributed by atoms with E-state index in [2.05, 4.69) is 9.98 Å². The number of nitriles is 1. The maximum Gasteiger partial charge on any atom is 0.172 e. The number of pyridine rings is 1. The molecule has 1 aliphatic heterocycles. The van der Waals surface area contributed by atoms with Crippen LogP contribution in [0, 0.1) is 17.1 Å². The molecule has 0 saturated carbocycles. The summed E-state index contributed by atoms with van der Waals surface area (Å²) in [5.74, 6) is -0.320. The fourth-order valence-electron chi connectivity index (χ4n) is 2.47. The van der Waals surface area contributed by atoms with Gasteiger partial charge in [-0.05, 0) is 24.3 Å². The summed E-state index contributed by atoms with van der Waals surface area (Å²) >= 11 is 5.74. The Morgan fingerprint density at radius 3 is 2.80 bits per heavy atom. The van der Waals surface area contributed by atoms with Crippen LogP contribution in [0.2, 0.25) is 5.02 Å². The quantitative estimate of drug-likeness (QED) is 0.851. The summed E-state index contributed by atoms with van der Waals surface area (Å²) in [6.07, 6.45) is 1.50. The van der Waals surface area contributed by atoms with Crippen molar-refractivity contribution in [1.82, 2.24) is 4.98 Å². The van der Waals surface area contributed by atoms with Crippen LogP contribution < -0.4 is 4.90 Å². The SMILES string of the molecule is N#C/C(=N\c1ccc(F)c(Cl)c1)c1ccnc(N2CCOCC2)c1O. The Labute approximate surface area is 148 Å². The maximum atomic E-state index is 13.3. The van der Waals surface area contributed by atoms with Gasteiger partial charge in [0.25, 0.3) is 0 Å². The molecule has 25 heavy (non-hydrogen) atoms. The number of rotatable bonds is 3. The zero-order valence-electron chi connectivity index (χ0n) is 13.1. The van der Waals surface area contributed by atoms with Crippen LogP contribution in [0.3, 0.4) is 0 Å². The molecule has 6 nitrogen and oxygen atoms in total. The van der Waals surface area contributed by atoms with Crippen LogP contribution in [0.1, 0.15) is 5.56 Å². The van der Waals surface area contributed by atoms with Crippen LogP contribution >= 0.6 is 11.6 Å². The molecular formula is C17H14ClFN4O2. The van der Waals surface area contributed by atoms with E-state index in [0.29, 0.717) is 37.8 Å². The van der Waals surface area contributed by atoms with Gasteiger partial charge in [0.05, 0.1) is 29.5 Å². The van der Waals surface area contributed by atoms with Crippen molar-refractivity contribution in [3.8, 4) is 11.8 Å². The van der Waals surface area contributed by atoms with Crippen molar-refractivity contribution >= 4 is 28.8 Å². The largest absolute Gasteiger partial charge is 0.504 e. The van der Waals surface area contributed by atoms with E-state index in [1.54, 1.807) is 0 Å². The Kier molecular flexibility index (Phi) is 5.12. The highest BCUT2D eigenvalue weighted by Gasteiger charge is 2.20. The topological polar surface area (TPSA) is 81.7 Å². The molecule has 3 rings (SSSR count). The van der Waals surface area contributed by atoms with E-state index in [1.165, 1.54) is 30.5 Å². The van der Waals surface area contributed by atoms with Crippen molar-refractivity contribution in [3.63, 3.8) is 0 Å². The van der Waals surface area contributed by atoms with Gasteiger partial charge in [0.2, 0.25) is 0 Å². The van der Waals surface area contributed by atoms with Crippen LogP contribution in [-0.2, 0) is 4.74 Å². The Morgan fingerprint density at radius 1 is 1.36 bits per heavy atom. The number of morpholine rings is 1. The van der Waals surface area contributed by atoms with E-state index in [0.717, 1.165) is 0 Å². The molecule has 1 aliphatic rings. The van der Waals surface area contributed by atoms with Gasteiger partial charge in [-0.2, -0.15) is 5.26 Å². The maximum absolute atomic E-state index is 13.3. The second kappa shape index (κ2) is 7.47. The number of hydrogen-bond donors (Lipinski definition) is 1. The molecule has 0 spiro atoms. The average molecular weight is 361 g/mol. The minimum Gasteiger partial charge on any atom is -0.504 e. The summed E-state index contributed by atoms with van der Waals surface area (Å²) < 4.78 is 18.5. The van der Waals surface area contributed by atoms with E-state index in [-0.39, 0.29) is 22.0 Å². The van der Waals surface area contributed by atoms with Crippen molar-refractivity contribution in [3.05, 3.63) is 46.9 Å². The van der Waals surface area contributed by atoms with Crippen LogP contribution in [0.5, 0.6) is 5.75 Å². The van der Waals surface area contributed by atoms with Crippen LogP contribution in [0.4, 0.5) is 15.9 Å². The predicted octanol–water partition coefficient (Wildman–Crippen LogP) is 3.06. The summed E-state index contributed by atoms with van der Waals surface area (Å²) in [5.41, 5.74) is 0.545. The third kappa shape index (κ3) is 3.71. The lowest BCUT2D eigenvalue weighted by atomic mass is 10.1. The summed E-state index contributed by atoms with van der Waals surface area (Å²) in [6.45, 7) is 2.27. The number of aromatic hydroxyl groups is 1. The molecule has 0 radical (unpaired) electrons. The van der Waals surface area contributed by atoms with Crippen LogP contribution in [-0.4, -0.2) is 42.1 Å². The molecule has 1 aromatic heterocycles. The number of nitrogens with zero attached hydrogens (tertiary/aromatic N) is 4. The Balaban J connectivity index is 1.99. The first kappa shape index (κ1) is 17.1. The minimum absolute atomic E-state index is 0.0166. The Bertz CT molecular complexity index is 860. The molecule has 0 aliphatic carbocycles. The summed E-state index contributed by atoms with van der Waals surface area (Å²) in [7, 11) is 0. The fourth-order valence-corrected chi connectivity index (χ4v) is 2.64. The van der Waals surface area contributed by atoms with Gasteiger partial charge in [0.15, 0.2) is 17.3 Å².